The van der Waals surface area contributed by atoms with Crippen LogP contribution < -0.4 is 5.32 Å². The topological polar surface area (TPSA) is 15.3 Å². The van der Waals surface area contributed by atoms with E-state index >= 15 is 0 Å². The summed E-state index contributed by atoms with van der Waals surface area (Å²) in [6.45, 7) is 10.7. The van der Waals surface area contributed by atoms with E-state index in [1.807, 2.05) is 0 Å². The largest absolute Gasteiger partial charge is 0.316 e. The van der Waals surface area contributed by atoms with Crippen LogP contribution in [0.25, 0.3) is 0 Å². The minimum Gasteiger partial charge on any atom is -0.316 e. The molecule has 2 aliphatic rings. The lowest BCUT2D eigenvalue weighted by molar-refractivity contribution is 0.150. The van der Waals surface area contributed by atoms with Crippen LogP contribution in [0.15, 0.2) is 0 Å². The summed E-state index contributed by atoms with van der Waals surface area (Å²) in [6, 6.07) is 1.75. The van der Waals surface area contributed by atoms with E-state index in [-0.39, 0.29) is 0 Å². The van der Waals surface area contributed by atoms with Gasteiger partial charge in [0.2, 0.25) is 0 Å². The summed E-state index contributed by atoms with van der Waals surface area (Å²) >= 11 is 0. The molecule has 1 aliphatic heterocycles. The molecule has 2 rings (SSSR count). The second-order valence-corrected chi connectivity index (χ2v) is 6.62. The highest BCUT2D eigenvalue weighted by atomic mass is 15.2. The molecule has 100 valence electrons. The first-order valence-corrected chi connectivity index (χ1v) is 7.63. The van der Waals surface area contributed by atoms with Crippen LogP contribution in [0.5, 0.6) is 0 Å². The fraction of sp³-hybridized carbons (Fsp3) is 1.00. The molecule has 1 saturated heterocycles. The first-order chi connectivity index (χ1) is 8.16. The zero-order chi connectivity index (χ0) is 12.3. The number of piperidine rings is 1. The van der Waals surface area contributed by atoms with Gasteiger partial charge >= 0.3 is 0 Å². The van der Waals surface area contributed by atoms with Gasteiger partial charge in [-0.1, -0.05) is 13.8 Å². The normalized spacial score (nSPS) is 30.4. The van der Waals surface area contributed by atoms with Crippen LogP contribution in [0.2, 0.25) is 0 Å². The average molecular weight is 238 g/mol. The predicted molar refractivity (Wildman–Crippen MR) is 74.2 cm³/mol. The van der Waals surface area contributed by atoms with Crippen LogP contribution in [-0.4, -0.2) is 36.6 Å². The third-order valence-corrected chi connectivity index (χ3v) is 4.55. The van der Waals surface area contributed by atoms with Gasteiger partial charge in [0.25, 0.3) is 0 Å². The summed E-state index contributed by atoms with van der Waals surface area (Å²) in [5, 5.41) is 3.55. The fourth-order valence-electron chi connectivity index (χ4n) is 3.58. The molecule has 2 heteroatoms. The lowest BCUT2D eigenvalue weighted by atomic mass is 10.1. The zero-order valence-corrected chi connectivity index (χ0v) is 11.9. The second-order valence-electron chi connectivity index (χ2n) is 6.62. The lowest BCUT2D eigenvalue weighted by Crippen LogP contribution is -2.39. The van der Waals surface area contributed by atoms with E-state index in [0.717, 1.165) is 23.9 Å². The smallest absolute Gasteiger partial charge is 0.0101 e. The Morgan fingerprint density at radius 1 is 1.24 bits per heavy atom. The highest BCUT2D eigenvalue weighted by Gasteiger charge is 2.39. The number of nitrogens with zero attached hydrogens (tertiary/aromatic N) is 1. The van der Waals surface area contributed by atoms with E-state index in [0.29, 0.717) is 0 Å². The highest BCUT2D eigenvalue weighted by Crippen LogP contribution is 2.38. The van der Waals surface area contributed by atoms with Crippen molar-refractivity contribution in [3.63, 3.8) is 0 Å². The van der Waals surface area contributed by atoms with Crippen molar-refractivity contribution in [2.75, 3.05) is 19.6 Å². The van der Waals surface area contributed by atoms with Crippen molar-refractivity contribution in [1.29, 1.82) is 0 Å². The van der Waals surface area contributed by atoms with Crippen molar-refractivity contribution >= 4 is 0 Å². The van der Waals surface area contributed by atoms with Crippen molar-refractivity contribution < 1.29 is 0 Å². The molecule has 0 aromatic rings. The minimum atomic E-state index is 0.779. The molecule has 3 unspecified atom stereocenters. The summed E-state index contributed by atoms with van der Waals surface area (Å²) in [7, 11) is 0. The third-order valence-electron chi connectivity index (χ3n) is 4.55. The van der Waals surface area contributed by atoms with E-state index in [4.69, 9.17) is 0 Å². The number of hydrogen-bond acceptors (Lipinski definition) is 2. The van der Waals surface area contributed by atoms with Gasteiger partial charge in [0.05, 0.1) is 0 Å². The summed E-state index contributed by atoms with van der Waals surface area (Å²) < 4.78 is 0. The molecule has 0 spiro atoms. The Morgan fingerprint density at radius 2 is 2.06 bits per heavy atom. The molecular weight excluding hydrogens is 208 g/mol. The molecule has 2 nitrogen and oxygen atoms in total. The molecule has 17 heavy (non-hydrogen) atoms. The monoisotopic (exact) mass is 238 g/mol. The number of fused-ring (bicyclic) bond motifs is 2. The maximum atomic E-state index is 3.55. The number of rotatable bonds is 7. The van der Waals surface area contributed by atoms with Crippen molar-refractivity contribution in [1.82, 2.24) is 10.2 Å². The second kappa shape index (κ2) is 6.19. The number of likely N-dealkylation sites (tertiary alicyclic amines) is 1. The molecule has 0 radical (unpaired) electrons. The van der Waals surface area contributed by atoms with E-state index in [1.54, 1.807) is 0 Å². The molecule has 0 aromatic heterocycles. The third kappa shape index (κ3) is 3.69. The molecule has 1 saturated carbocycles. The summed E-state index contributed by atoms with van der Waals surface area (Å²) in [6.07, 6.45) is 7.18. The van der Waals surface area contributed by atoms with E-state index in [1.165, 1.54) is 51.7 Å². The molecule has 3 atom stereocenters. The van der Waals surface area contributed by atoms with Crippen LogP contribution in [0.4, 0.5) is 0 Å². The van der Waals surface area contributed by atoms with E-state index in [2.05, 4.69) is 31.0 Å². The molecule has 0 aromatic carbocycles. The standard InChI is InChI=1S/C15H30N2/c1-12(2)10-16-8-4-5-13(3)17-11-14-6-7-15(17)9-14/h12-16H,4-11H2,1-3H3. The van der Waals surface area contributed by atoms with Gasteiger partial charge in [-0.05, 0) is 64.0 Å². The molecule has 1 heterocycles. The number of hydrogen-bond donors (Lipinski definition) is 1. The summed E-state index contributed by atoms with van der Waals surface area (Å²) in [5.74, 6) is 1.82. The Kier molecular flexibility index (Phi) is 4.87. The zero-order valence-electron chi connectivity index (χ0n) is 11.9. The van der Waals surface area contributed by atoms with Crippen LogP contribution in [-0.2, 0) is 0 Å². The minimum absolute atomic E-state index is 0.779. The van der Waals surface area contributed by atoms with Gasteiger partial charge in [0.15, 0.2) is 0 Å². The van der Waals surface area contributed by atoms with Crippen LogP contribution >= 0.6 is 0 Å². The first kappa shape index (κ1) is 13.4. The first-order valence-electron chi connectivity index (χ1n) is 7.63. The quantitative estimate of drug-likeness (QED) is 0.686. The Bertz CT molecular complexity index is 227. The molecule has 1 aliphatic carbocycles. The molecule has 2 fully saturated rings. The number of nitrogens with one attached hydrogen (secondary N) is 1. The molecule has 2 bridgehead atoms. The Morgan fingerprint density at radius 3 is 2.65 bits per heavy atom. The lowest BCUT2D eigenvalue weighted by Gasteiger charge is -2.32. The van der Waals surface area contributed by atoms with Crippen molar-refractivity contribution in [2.24, 2.45) is 11.8 Å². The molecule has 0 amide bonds. The molecule has 1 N–H and O–H groups in total. The molecular formula is C15H30N2. The Labute approximate surface area is 107 Å². The highest BCUT2D eigenvalue weighted by molar-refractivity contribution is 4.94. The SMILES string of the molecule is CC(C)CNCCCC(C)N1CC2CCC1C2. The van der Waals surface area contributed by atoms with Gasteiger partial charge < -0.3 is 5.32 Å². The van der Waals surface area contributed by atoms with Crippen LogP contribution in [0.3, 0.4) is 0 Å². The van der Waals surface area contributed by atoms with Gasteiger partial charge in [-0.2, -0.15) is 0 Å². The maximum absolute atomic E-state index is 3.55. The van der Waals surface area contributed by atoms with Gasteiger partial charge in [0.1, 0.15) is 0 Å². The Balaban J connectivity index is 1.57. The van der Waals surface area contributed by atoms with Gasteiger partial charge in [-0.3, -0.25) is 4.90 Å². The Hall–Kier alpha value is -0.0800. The predicted octanol–water partition coefficient (Wildman–Crippen LogP) is 2.89. The van der Waals surface area contributed by atoms with Gasteiger partial charge in [-0.15, -0.1) is 0 Å². The van der Waals surface area contributed by atoms with Crippen molar-refractivity contribution in [2.45, 2.75) is 65.0 Å². The fourth-order valence-corrected chi connectivity index (χ4v) is 3.58. The van der Waals surface area contributed by atoms with Gasteiger partial charge in [-0.25, -0.2) is 0 Å². The summed E-state index contributed by atoms with van der Waals surface area (Å²) in [4.78, 5) is 2.79. The van der Waals surface area contributed by atoms with Crippen LogP contribution in [0.1, 0.15) is 52.9 Å². The van der Waals surface area contributed by atoms with Crippen molar-refractivity contribution in [3.05, 3.63) is 0 Å². The van der Waals surface area contributed by atoms with Crippen LogP contribution in [0, 0.1) is 11.8 Å². The van der Waals surface area contributed by atoms with Crippen molar-refractivity contribution in [3.8, 4) is 0 Å². The maximum Gasteiger partial charge on any atom is 0.0101 e. The summed E-state index contributed by atoms with van der Waals surface area (Å²) in [5.41, 5.74) is 0. The average Bonchev–Trinajstić information content (AvgIpc) is 2.89. The van der Waals surface area contributed by atoms with E-state index in [9.17, 15) is 0 Å². The van der Waals surface area contributed by atoms with E-state index < -0.39 is 0 Å². The van der Waals surface area contributed by atoms with Gasteiger partial charge in [0, 0.05) is 18.6 Å².